The van der Waals surface area contributed by atoms with Crippen LogP contribution < -0.4 is 9.47 Å². The van der Waals surface area contributed by atoms with E-state index in [2.05, 4.69) is 5.16 Å². The standard InChI is InChI=1S/C14H11NO3/c1-9(15-16)10-6-7-13-14(8-10)18-12-5-3-2-4-11(12)17-13/h2-8,16H,1H3/b15-9+. The van der Waals surface area contributed by atoms with E-state index in [0.717, 1.165) is 5.56 Å². The van der Waals surface area contributed by atoms with Crippen LogP contribution in [0.2, 0.25) is 0 Å². The summed E-state index contributed by atoms with van der Waals surface area (Å²) in [5.74, 6) is 2.66. The summed E-state index contributed by atoms with van der Waals surface area (Å²) in [5.41, 5.74) is 1.32. The Morgan fingerprint density at radius 1 is 0.944 bits per heavy atom. The third-order valence-electron chi connectivity index (χ3n) is 2.80. The fraction of sp³-hybridized carbons (Fsp3) is 0.0714. The van der Waals surface area contributed by atoms with Crippen molar-refractivity contribution in [2.75, 3.05) is 0 Å². The van der Waals surface area contributed by atoms with Crippen LogP contribution in [0, 0.1) is 0 Å². The molecular formula is C14H11NO3. The predicted octanol–water partition coefficient (Wildman–Crippen LogP) is 3.78. The van der Waals surface area contributed by atoms with E-state index >= 15 is 0 Å². The second-order valence-electron chi connectivity index (χ2n) is 4.00. The monoisotopic (exact) mass is 241 g/mol. The van der Waals surface area contributed by atoms with Gasteiger partial charge in [0.05, 0.1) is 5.71 Å². The molecule has 0 atom stereocenters. The summed E-state index contributed by atoms with van der Waals surface area (Å²) in [6.07, 6.45) is 0. The summed E-state index contributed by atoms with van der Waals surface area (Å²) in [6, 6.07) is 12.9. The van der Waals surface area contributed by atoms with Crippen molar-refractivity contribution in [1.82, 2.24) is 0 Å². The predicted molar refractivity (Wildman–Crippen MR) is 67.0 cm³/mol. The summed E-state index contributed by atoms with van der Waals surface area (Å²) in [6.45, 7) is 1.72. The van der Waals surface area contributed by atoms with Crippen LogP contribution in [0.4, 0.5) is 0 Å². The van der Waals surface area contributed by atoms with Gasteiger partial charge in [-0.15, -0.1) is 0 Å². The quantitative estimate of drug-likeness (QED) is 0.400. The molecule has 4 heteroatoms. The Hall–Kier alpha value is -2.49. The van der Waals surface area contributed by atoms with Crippen molar-refractivity contribution in [2.24, 2.45) is 5.16 Å². The molecule has 2 aromatic carbocycles. The van der Waals surface area contributed by atoms with Gasteiger partial charge in [0.1, 0.15) is 0 Å². The molecule has 0 bridgehead atoms. The van der Waals surface area contributed by atoms with Gasteiger partial charge in [0.2, 0.25) is 0 Å². The fourth-order valence-electron chi connectivity index (χ4n) is 1.81. The first-order valence-electron chi connectivity index (χ1n) is 5.56. The molecule has 1 aliphatic heterocycles. The van der Waals surface area contributed by atoms with Gasteiger partial charge in [-0.25, -0.2) is 0 Å². The fourth-order valence-corrected chi connectivity index (χ4v) is 1.81. The van der Waals surface area contributed by atoms with E-state index in [1.807, 2.05) is 30.3 Å². The zero-order valence-electron chi connectivity index (χ0n) is 9.75. The summed E-state index contributed by atoms with van der Waals surface area (Å²) in [7, 11) is 0. The topological polar surface area (TPSA) is 51.1 Å². The van der Waals surface area contributed by atoms with Crippen LogP contribution >= 0.6 is 0 Å². The van der Waals surface area contributed by atoms with Crippen molar-refractivity contribution in [1.29, 1.82) is 0 Å². The number of fused-ring (bicyclic) bond motifs is 2. The second kappa shape index (κ2) is 4.07. The van der Waals surface area contributed by atoms with E-state index in [1.54, 1.807) is 19.1 Å². The molecule has 4 nitrogen and oxygen atoms in total. The first-order valence-corrected chi connectivity index (χ1v) is 5.56. The Balaban J connectivity index is 2.03. The Bertz CT molecular complexity index is 635. The van der Waals surface area contributed by atoms with E-state index in [-0.39, 0.29) is 0 Å². The molecule has 0 fully saturated rings. The van der Waals surface area contributed by atoms with Gasteiger partial charge in [0.25, 0.3) is 0 Å². The van der Waals surface area contributed by atoms with Gasteiger partial charge in [0, 0.05) is 5.56 Å². The number of ether oxygens (including phenoxy) is 2. The highest BCUT2D eigenvalue weighted by atomic mass is 16.6. The minimum Gasteiger partial charge on any atom is -0.450 e. The molecular weight excluding hydrogens is 230 g/mol. The smallest absolute Gasteiger partial charge is 0.170 e. The Morgan fingerprint density at radius 2 is 1.56 bits per heavy atom. The van der Waals surface area contributed by atoms with E-state index in [1.165, 1.54) is 0 Å². The number of benzene rings is 2. The van der Waals surface area contributed by atoms with Gasteiger partial charge < -0.3 is 14.7 Å². The normalized spacial score (nSPS) is 13.1. The maximum absolute atomic E-state index is 8.77. The highest BCUT2D eigenvalue weighted by Gasteiger charge is 2.18. The third kappa shape index (κ3) is 1.68. The zero-order chi connectivity index (χ0) is 12.5. The summed E-state index contributed by atoms with van der Waals surface area (Å²) in [4.78, 5) is 0. The van der Waals surface area contributed by atoms with Crippen LogP contribution in [-0.4, -0.2) is 10.9 Å². The summed E-state index contributed by atoms with van der Waals surface area (Å²) in [5, 5.41) is 11.9. The molecule has 1 N–H and O–H groups in total. The van der Waals surface area contributed by atoms with Crippen LogP contribution in [0.15, 0.2) is 47.6 Å². The number of para-hydroxylation sites is 2. The summed E-state index contributed by atoms with van der Waals surface area (Å²) >= 11 is 0. The molecule has 0 amide bonds. The van der Waals surface area contributed by atoms with Crippen LogP contribution in [0.1, 0.15) is 12.5 Å². The largest absolute Gasteiger partial charge is 0.450 e. The van der Waals surface area contributed by atoms with E-state index in [4.69, 9.17) is 14.7 Å². The highest BCUT2D eigenvalue weighted by molar-refractivity contribution is 5.98. The molecule has 0 spiro atoms. The zero-order valence-corrected chi connectivity index (χ0v) is 9.75. The van der Waals surface area contributed by atoms with Crippen LogP contribution in [0.3, 0.4) is 0 Å². The lowest BCUT2D eigenvalue weighted by atomic mass is 10.1. The lowest BCUT2D eigenvalue weighted by molar-refractivity contribution is 0.319. The van der Waals surface area contributed by atoms with Gasteiger partial charge >= 0.3 is 0 Å². The number of nitrogens with zero attached hydrogens (tertiary/aromatic N) is 1. The van der Waals surface area contributed by atoms with Crippen molar-refractivity contribution in [3.63, 3.8) is 0 Å². The van der Waals surface area contributed by atoms with Crippen LogP contribution in [0.25, 0.3) is 0 Å². The lowest BCUT2D eigenvalue weighted by Crippen LogP contribution is -2.01. The second-order valence-corrected chi connectivity index (χ2v) is 4.00. The molecule has 1 heterocycles. The van der Waals surface area contributed by atoms with Crippen LogP contribution in [0.5, 0.6) is 23.0 Å². The number of rotatable bonds is 1. The van der Waals surface area contributed by atoms with E-state index in [9.17, 15) is 0 Å². The van der Waals surface area contributed by atoms with E-state index in [0.29, 0.717) is 28.7 Å². The first-order chi connectivity index (χ1) is 8.78. The molecule has 0 radical (unpaired) electrons. The highest BCUT2D eigenvalue weighted by Crippen LogP contribution is 2.45. The van der Waals surface area contributed by atoms with Crippen molar-refractivity contribution < 1.29 is 14.7 Å². The molecule has 18 heavy (non-hydrogen) atoms. The van der Waals surface area contributed by atoms with Gasteiger partial charge in [-0.05, 0) is 37.3 Å². The van der Waals surface area contributed by atoms with Crippen molar-refractivity contribution in [3.8, 4) is 23.0 Å². The van der Waals surface area contributed by atoms with E-state index < -0.39 is 0 Å². The van der Waals surface area contributed by atoms with Gasteiger partial charge in [0.15, 0.2) is 23.0 Å². The molecule has 0 saturated heterocycles. The molecule has 0 aromatic heterocycles. The third-order valence-corrected chi connectivity index (χ3v) is 2.80. The van der Waals surface area contributed by atoms with Crippen LogP contribution in [-0.2, 0) is 0 Å². The molecule has 3 rings (SSSR count). The molecule has 2 aromatic rings. The molecule has 1 aliphatic rings. The van der Waals surface area contributed by atoms with Gasteiger partial charge in [-0.1, -0.05) is 17.3 Å². The maximum atomic E-state index is 8.77. The Kier molecular flexibility index (Phi) is 2.41. The van der Waals surface area contributed by atoms with Crippen molar-refractivity contribution in [3.05, 3.63) is 48.0 Å². The Morgan fingerprint density at radius 3 is 2.22 bits per heavy atom. The number of oxime groups is 1. The average Bonchev–Trinajstić information content (AvgIpc) is 2.43. The number of hydrogen-bond acceptors (Lipinski definition) is 4. The minimum atomic E-state index is 0.528. The molecule has 0 aliphatic carbocycles. The molecule has 90 valence electrons. The maximum Gasteiger partial charge on any atom is 0.170 e. The Labute approximate surface area is 104 Å². The SMILES string of the molecule is C/C(=N\O)c1ccc2c(c1)Oc1ccccc1O2. The molecule has 0 saturated carbocycles. The lowest BCUT2D eigenvalue weighted by Gasteiger charge is -2.20. The summed E-state index contributed by atoms with van der Waals surface area (Å²) < 4.78 is 11.5. The van der Waals surface area contributed by atoms with Crippen molar-refractivity contribution in [2.45, 2.75) is 6.92 Å². The van der Waals surface area contributed by atoms with Crippen molar-refractivity contribution >= 4 is 5.71 Å². The first kappa shape index (κ1) is 10.7. The van der Waals surface area contributed by atoms with Gasteiger partial charge in [-0.2, -0.15) is 0 Å². The number of hydrogen-bond donors (Lipinski definition) is 1. The average molecular weight is 241 g/mol. The minimum absolute atomic E-state index is 0.528. The molecule has 0 unspecified atom stereocenters. The van der Waals surface area contributed by atoms with Gasteiger partial charge in [-0.3, -0.25) is 0 Å².